The number of methoxy groups -OCH3 is 2. The number of esters is 1. The number of fused-ring (bicyclic) bond motifs is 1. The average molecular weight is 316 g/mol. The number of aromatic hydroxyl groups is 2. The summed E-state index contributed by atoms with van der Waals surface area (Å²) in [7, 11) is 2.92. The highest BCUT2D eigenvalue weighted by molar-refractivity contribution is 5.79. The molecule has 0 aliphatic carbocycles. The number of carbonyl (C=O) groups excluding carboxylic acids is 1. The molecule has 0 aromatic heterocycles. The van der Waals surface area contributed by atoms with Gasteiger partial charge in [-0.3, -0.25) is 4.79 Å². The van der Waals surface area contributed by atoms with Gasteiger partial charge in [-0.2, -0.15) is 0 Å². The third-order valence-electron chi connectivity index (χ3n) is 3.88. The maximum Gasteiger partial charge on any atom is 0.312 e. The summed E-state index contributed by atoms with van der Waals surface area (Å²) in [6.45, 7) is 0. The predicted molar refractivity (Wildman–Crippen MR) is 81.4 cm³/mol. The van der Waals surface area contributed by atoms with Crippen LogP contribution in [0.2, 0.25) is 0 Å². The Morgan fingerprint density at radius 3 is 2.57 bits per heavy atom. The highest BCUT2D eigenvalue weighted by atomic mass is 16.5. The van der Waals surface area contributed by atoms with Crippen molar-refractivity contribution in [3.63, 3.8) is 0 Å². The largest absolute Gasteiger partial charge is 0.507 e. The van der Waals surface area contributed by atoms with Gasteiger partial charge in [-0.15, -0.1) is 0 Å². The Morgan fingerprint density at radius 1 is 1.09 bits per heavy atom. The van der Waals surface area contributed by atoms with E-state index in [1.807, 2.05) is 0 Å². The third kappa shape index (κ3) is 2.63. The summed E-state index contributed by atoms with van der Waals surface area (Å²) in [6.07, 6.45) is 0.0841. The molecule has 1 aliphatic heterocycles. The van der Waals surface area contributed by atoms with E-state index in [0.29, 0.717) is 17.1 Å². The van der Waals surface area contributed by atoms with Gasteiger partial charge in [0.1, 0.15) is 17.2 Å². The Morgan fingerprint density at radius 2 is 1.87 bits per heavy atom. The lowest BCUT2D eigenvalue weighted by Crippen LogP contribution is -2.21. The van der Waals surface area contributed by atoms with Gasteiger partial charge in [0.25, 0.3) is 0 Å². The van der Waals surface area contributed by atoms with E-state index in [9.17, 15) is 15.0 Å². The summed E-state index contributed by atoms with van der Waals surface area (Å²) in [4.78, 5) is 11.9. The number of rotatable bonds is 3. The fourth-order valence-electron chi connectivity index (χ4n) is 2.77. The molecule has 1 heterocycles. The maximum absolute atomic E-state index is 11.9. The Hall–Kier alpha value is -2.89. The average Bonchev–Trinajstić information content (AvgIpc) is 2.53. The van der Waals surface area contributed by atoms with Crippen LogP contribution >= 0.6 is 0 Å². The highest BCUT2D eigenvalue weighted by Gasteiger charge is 2.32. The Labute approximate surface area is 132 Å². The van der Waals surface area contributed by atoms with Crippen LogP contribution in [0.4, 0.5) is 0 Å². The first-order valence-electron chi connectivity index (χ1n) is 7.02. The molecule has 0 fully saturated rings. The second-order valence-corrected chi connectivity index (χ2v) is 5.22. The summed E-state index contributed by atoms with van der Waals surface area (Å²) in [6, 6.07) is 7.87. The van der Waals surface area contributed by atoms with E-state index < -0.39 is 11.9 Å². The fourth-order valence-corrected chi connectivity index (χ4v) is 2.77. The summed E-state index contributed by atoms with van der Waals surface area (Å²) in [5, 5.41) is 20.0. The Bertz CT molecular complexity index is 768. The fraction of sp³-hybridized carbons (Fsp3) is 0.235. The van der Waals surface area contributed by atoms with Gasteiger partial charge in [-0.1, -0.05) is 6.07 Å². The van der Waals surface area contributed by atoms with E-state index in [-0.39, 0.29) is 23.7 Å². The molecule has 0 saturated heterocycles. The van der Waals surface area contributed by atoms with Crippen molar-refractivity contribution < 1.29 is 29.2 Å². The molecule has 0 bridgehead atoms. The number of hydrogen-bond acceptors (Lipinski definition) is 6. The molecule has 0 spiro atoms. The Kier molecular flexibility index (Phi) is 3.73. The summed E-state index contributed by atoms with van der Waals surface area (Å²) in [5.74, 6) is 0.177. The number of ether oxygens (including phenoxy) is 3. The summed E-state index contributed by atoms with van der Waals surface area (Å²) >= 11 is 0. The predicted octanol–water partition coefficient (Wildman–Crippen LogP) is 2.56. The quantitative estimate of drug-likeness (QED) is 0.668. The molecule has 1 atom stereocenters. The normalized spacial score (nSPS) is 16.4. The van der Waals surface area contributed by atoms with Crippen LogP contribution in [0.3, 0.4) is 0 Å². The van der Waals surface area contributed by atoms with Gasteiger partial charge < -0.3 is 24.4 Å². The van der Waals surface area contributed by atoms with Crippen LogP contribution in [-0.4, -0.2) is 30.4 Å². The topological polar surface area (TPSA) is 85.2 Å². The number of hydrogen-bond donors (Lipinski definition) is 2. The van der Waals surface area contributed by atoms with E-state index in [4.69, 9.17) is 14.2 Å². The van der Waals surface area contributed by atoms with Crippen molar-refractivity contribution in [1.29, 1.82) is 0 Å². The molecule has 0 amide bonds. The summed E-state index contributed by atoms with van der Waals surface area (Å²) in [5.41, 5.74) is 1.25. The Balaban J connectivity index is 2.14. The minimum Gasteiger partial charge on any atom is -0.507 e. The number of phenols is 2. The molecule has 3 rings (SSSR count). The molecule has 6 heteroatoms. The molecule has 0 unspecified atom stereocenters. The van der Waals surface area contributed by atoms with Crippen molar-refractivity contribution in [1.82, 2.24) is 0 Å². The zero-order valence-corrected chi connectivity index (χ0v) is 12.7. The highest BCUT2D eigenvalue weighted by Crippen LogP contribution is 2.46. The lowest BCUT2D eigenvalue weighted by molar-refractivity contribution is -0.135. The van der Waals surface area contributed by atoms with Crippen molar-refractivity contribution in [3.8, 4) is 28.7 Å². The van der Waals surface area contributed by atoms with Crippen molar-refractivity contribution >= 4 is 5.97 Å². The standard InChI is InChI=1S/C17H16O6/c1-21-10-6-13(19)17-11(8-16(20)23-15(17)7-10)9-3-4-12(18)14(5-9)22-2/h3-7,11,18-19H,8H2,1-2H3/t11-/m0/s1. The molecule has 6 nitrogen and oxygen atoms in total. The minimum absolute atomic E-state index is 0.00816. The van der Waals surface area contributed by atoms with Crippen LogP contribution in [0.1, 0.15) is 23.5 Å². The lowest BCUT2D eigenvalue weighted by Gasteiger charge is -2.26. The zero-order chi connectivity index (χ0) is 16.6. The number of phenolic OH excluding ortho intramolecular Hbond substituents is 2. The van der Waals surface area contributed by atoms with Crippen LogP contribution in [0.25, 0.3) is 0 Å². The number of benzene rings is 2. The van der Waals surface area contributed by atoms with Gasteiger partial charge in [0, 0.05) is 23.6 Å². The second-order valence-electron chi connectivity index (χ2n) is 5.22. The molecule has 120 valence electrons. The van der Waals surface area contributed by atoms with Crippen molar-refractivity contribution in [2.75, 3.05) is 14.2 Å². The minimum atomic E-state index is -0.401. The van der Waals surface area contributed by atoms with Crippen LogP contribution in [0, 0.1) is 0 Å². The van der Waals surface area contributed by atoms with Gasteiger partial charge in [-0.05, 0) is 17.7 Å². The molecule has 2 aromatic rings. The van der Waals surface area contributed by atoms with E-state index >= 15 is 0 Å². The molecule has 1 aliphatic rings. The molecule has 0 radical (unpaired) electrons. The molecular formula is C17H16O6. The smallest absolute Gasteiger partial charge is 0.312 e. The van der Waals surface area contributed by atoms with Crippen LogP contribution in [0.15, 0.2) is 30.3 Å². The van der Waals surface area contributed by atoms with E-state index in [1.54, 1.807) is 18.2 Å². The molecule has 2 aromatic carbocycles. The van der Waals surface area contributed by atoms with Gasteiger partial charge >= 0.3 is 5.97 Å². The van der Waals surface area contributed by atoms with E-state index in [0.717, 1.165) is 5.56 Å². The van der Waals surface area contributed by atoms with Crippen molar-refractivity contribution in [2.45, 2.75) is 12.3 Å². The second kappa shape index (κ2) is 5.72. The van der Waals surface area contributed by atoms with E-state index in [2.05, 4.69) is 0 Å². The lowest BCUT2D eigenvalue weighted by atomic mass is 9.85. The molecular weight excluding hydrogens is 300 g/mol. The first-order valence-corrected chi connectivity index (χ1v) is 7.02. The van der Waals surface area contributed by atoms with Gasteiger partial charge in [0.2, 0.25) is 0 Å². The van der Waals surface area contributed by atoms with Gasteiger partial charge in [0.05, 0.1) is 20.6 Å². The maximum atomic E-state index is 11.9. The molecule has 2 N–H and O–H groups in total. The van der Waals surface area contributed by atoms with Gasteiger partial charge in [-0.25, -0.2) is 0 Å². The molecule has 0 saturated carbocycles. The first-order chi connectivity index (χ1) is 11.0. The molecule has 23 heavy (non-hydrogen) atoms. The monoisotopic (exact) mass is 316 g/mol. The first kappa shape index (κ1) is 15.0. The number of carbonyl (C=O) groups is 1. The zero-order valence-electron chi connectivity index (χ0n) is 12.7. The summed E-state index contributed by atoms with van der Waals surface area (Å²) < 4.78 is 15.4. The third-order valence-corrected chi connectivity index (χ3v) is 3.88. The van der Waals surface area contributed by atoms with Crippen molar-refractivity contribution in [2.24, 2.45) is 0 Å². The SMILES string of the molecule is COc1cc(O)c2c(c1)OC(=O)C[C@H]2c1ccc(O)c(OC)c1. The van der Waals surface area contributed by atoms with E-state index in [1.165, 1.54) is 26.4 Å². The van der Waals surface area contributed by atoms with Crippen LogP contribution < -0.4 is 14.2 Å². The van der Waals surface area contributed by atoms with Crippen LogP contribution in [0.5, 0.6) is 28.7 Å². The van der Waals surface area contributed by atoms with Crippen molar-refractivity contribution in [3.05, 3.63) is 41.5 Å². The van der Waals surface area contributed by atoms with Gasteiger partial charge in [0.15, 0.2) is 11.5 Å². The van der Waals surface area contributed by atoms with Crippen LogP contribution in [-0.2, 0) is 4.79 Å².